The van der Waals surface area contributed by atoms with Crippen LogP contribution in [0.15, 0.2) is 42.5 Å². The van der Waals surface area contributed by atoms with E-state index in [1.54, 1.807) is 37.3 Å². The van der Waals surface area contributed by atoms with Crippen molar-refractivity contribution in [3.8, 4) is 5.75 Å². The summed E-state index contributed by atoms with van der Waals surface area (Å²) in [6.45, 7) is 7.44. The Morgan fingerprint density at radius 3 is 2.20 bits per heavy atom. The zero-order valence-electron chi connectivity index (χ0n) is 20.4. The van der Waals surface area contributed by atoms with E-state index in [1.165, 1.54) is 6.42 Å². The van der Waals surface area contributed by atoms with Gasteiger partial charge in [-0.2, -0.15) is 0 Å². The van der Waals surface area contributed by atoms with Crippen LogP contribution < -0.4 is 21.1 Å². The third-order valence-corrected chi connectivity index (χ3v) is 5.79. The number of benzene rings is 2. The highest BCUT2D eigenvalue weighted by Gasteiger charge is 2.25. The van der Waals surface area contributed by atoms with Gasteiger partial charge in [0.05, 0.1) is 6.42 Å². The summed E-state index contributed by atoms with van der Waals surface area (Å²) in [6.07, 6.45) is 1.79. The minimum atomic E-state index is -0.810. The average molecular weight is 521 g/mol. The molecule has 2 rings (SSSR count). The summed E-state index contributed by atoms with van der Waals surface area (Å²) in [7, 11) is 0. The molecule has 0 aromatic heterocycles. The SMILES string of the molecule is CC(C[CH]C(=O)NC(Cc1ccc(OCc2c(Cl)cccc2Cl)cc1)C(=O)NC(C)(C)C)C(N)=O. The van der Waals surface area contributed by atoms with Crippen LogP contribution in [-0.4, -0.2) is 29.3 Å². The third kappa shape index (κ3) is 9.78. The maximum Gasteiger partial charge on any atom is 0.243 e. The number of hydrogen-bond donors (Lipinski definition) is 3. The fourth-order valence-electron chi connectivity index (χ4n) is 3.08. The summed E-state index contributed by atoms with van der Waals surface area (Å²) in [5, 5.41) is 6.69. The molecule has 0 heterocycles. The Morgan fingerprint density at radius 1 is 1.06 bits per heavy atom. The first kappa shape index (κ1) is 28.5. The van der Waals surface area contributed by atoms with Gasteiger partial charge in [0, 0.05) is 33.5 Å². The molecule has 0 saturated heterocycles. The maximum atomic E-state index is 12.9. The van der Waals surface area contributed by atoms with Crippen LogP contribution in [0.4, 0.5) is 0 Å². The second-order valence-electron chi connectivity index (χ2n) is 9.38. The molecule has 2 aromatic rings. The number of primary amides is 1. The van der Waals surface area contributed by atoms with Crippen molar-refractivity contribution in [3.63, 3.8) is 0 Å². The molecular weight excluding hydrogens is 489 g/mol. The molecule has 7 nitrogen and oxygen atoms in total. The van der Waals surface area contributed by atoms with E-state index in [1.807, 2.05) is 32.9 Å². The number of nitrogens with one attached hydrogen (secondary N) is 2. The normalized spacial score (nSPS) is 13.0. The number of rotatable bonds is 11. The van der Waals surface area contributed by atoms with Crippen molar-refractivity contribution >= 4 is 40.9 Å². The Balaban J connectivity index is 2.05. The van der Waals surface area contributed by atoms with E-state index in [2.05, 4.69) is 10.6 Å². The fraction of sp³-hybridized carbons (Fsp3) is 0.385. The lowest BCUT2D eigenvalue weighted by Crippen LogP contribution is -2.53. The third-order valence-electron chi connectivity index (χ3n) is 5.08. The molecular formula is C26H32Cl2N3O4. The zero-order valence-corrected chi connectivity index (χ0v) is 21.9. The Labute approximate surface area is 216 Å². The Kier molecular flexibility index (Phi) is 10.4. The van der Waals surface area contributed by atoms with E-state index in [0.717, 1.165) is 5.56 Å². The number of amides is 3. The van der Waals surface area contributed by atoms with Gasteiger partial charge in [-0.3, -0.25) is 14.4 Å². The van der Waals surface area contributed by atoms with E-state index in [-0.39, 0.29) is 25.4 Å². The van der Waals surface area contributed by atoms with E-state index in [4.69, 9.17) is 33.7 Å². The molecule has 9 heteroatoms. The van der Waals surface area contributed by atoms with Gasteiger partial charge < -0.3 is 21.1 Å². The van der Waals surface area contributed by atoms with Gasteiger partial charge in [-0.25, -0.2) is 0 Å². The molecule has 0 fully saturated rings. The molecule has 2 atom stereocenters. The Hall–Kier alpha value is -2.77. The minimum Gasteiger partial charge on any atom is -0.489 e. The highest BCUT2D eigenvalue weighted by atomic mass is 35.5. The molecule has 0 saturated carbocycles. The lowest BCUT2D eigenvalue weighted by molar-refractivity contribution is -0.128. The van der Waals surface area contributed by atoms with Crippen LogP contribution in [0.2, 0.25) is 10.0 Å². The Bertz CT molecular complexity index is 1020. The summed E-state index contributed by atoms with van der Waals surface area (Å²) < 4.78 is 5.80. The number of hydrogen-bond acceptors (Lipinski definition) is 4. The standard InChI is InChI=1S/C26H32Cl2N3O4/c1-16(24(29)33)8-13-23(32)30-22(25(34)31-26(2,3)4)14-17-9-11-18(12-10-17)35-15-19-20(27)6-5-7-21(19)28/h5-7,9-13,16,22H,8,14-15H2,1-4H3,(H2,29,33)(H,30,32)(H,31,34). The van der Waals surface area contributed by atoms with E-state index < -0.39 is 29.3 Å². The smallest absolute Gasteiger partial charge is 0.243 e. The number of ether oxygens (including phenoxy) is 1. The highest BCUT2D eigenvalue weighted by Crippen LogP contribution is 2.26. The van der Waals surface area contributed by atoms with Crippen molar-refractivity contribution in [1.29, 1.82) is 0 Å². The lowest BCUT2D eigenvalue weighted by Gasteiger charge is -2.26. The first-order valence-electron chi connectivity index (χ1n) is 11.3. The van der Waals surface area contributed by atoms with Crippen molar-refractivity contribution < 1.29 is 19.1 Å². The summed E-state index contributed by atoms with van der Waals surface area (Å²) in [6, 6.07) is 11.7. The van der Waals surface area contributed by atoms with Crippen molar-refractivity contribution in [2.75, 3.05) is 0 Å². The van der Waals surface area contributed by atoms with Crippen LogP contribution >= 0.6 is 23.2 Å². The highest BCUT2D eigenvalue weighted by molar-refractivity contribution is 6.35. The lowest BCUT2D eigenvalue weighted by atomic mass is 10.0. The van der Waals surface area contributed by atoms with Gasteiger partial charge in [-0.05, 0) is 57.0 Å². The molecule has 0 aliphatic carbocycles. The van der Waals surface area contributed by atoms with Gasteiger partial charge in [-0.1, -0.05) is 48.3 Å². The van der Waals surface area contributed by atoms with Gasteiger partial charge in [0.15, 0.2) is 0 Å². The van der Waals surface area contributed by atoms with Gasteiger partial charge >= 0.3 is 0 Å². The first-order valence-corrected chi connectivity index (χ1v) is 12.0. The van der Waals surface area contributed by atoms with Crippen LogP contribution in [0.5, 0.6) is 5.75 Å². The zero-order chi connectivity index (χ0) is 26.2. The second kappa shape index (κ2) is 12.8. The molecule has 2 unspecified atom stereocenters. The number of carbonyl (C=O) groups is 3. The van der Waals surface area contributed by atoms with Gasteiger partial charge in [0.25, 0.3) is 0 Å². The molecule has 35 heavy (non-hydrogen) atoms. The van der Waals surface area contributed by atoms with Gasteiger partial charge in [0.1, 0.15) is 18.4 Å². The fourth-order valence-corrected chi connectivity index (χ4v) is 3.59. The Morgan fingerprint density at radius 2 is 1.66 bits per heavy atom. The quantitative estimate of drug-likeness (QED) is 0.411. The predicted molar refractivity (Wildman–Crippen MR) is 138 cm³/mol. The van der Waals surface area contributed by atoms with Gasteiger partial charge in [0.2, 0.25) is 17.7 Å². The molecule has 0 bridgehead atoms. The largest absolute Gasteiger partial charge is 0.489 e. The van der Waals surface area contributed by atoms with Crippen molar-refractivity contribution in [1.82, 2.24) is 10.6 Å². The molecule has 1 radical (unpaired) electrons. The number of halogens is 2. The van der Waals surface area contributed by atoms with Crippen LogP contribution in [0.1, 0.15) is 45.2 Å². The first-order chi connectivity index (χ1) is 16.4. The van der Waals surface area contributed by atoms with Crippen LogP contribution in [0.25, 0.3) is 0 Å². The number of nitrogens with two attached hydrogens (primary N) is 1. The number of carbonyl (C=O) groups excluding carboxylic acids is 3. The van der Waals surface area contributed by atoms with Crippen molar-refractivity contribution in [3.05, 3.63) is 70.1 Å². The molecule has 0 aliphatic heterocycles. The van der Waals surface area contributed by atoms with E-state index >= 15 is 0 Å². The monoisotopic (exact) mass is 520 g/mol. The molecule has 0 spiro atoms. The second-order valence-corrected chi connectivity index (χ2v) is 10.2. The molecule has 2 aromatic carbocycles. The minimum absolute atomic E-state index is 0.191. The molecule has 3 amide bonds. The van der Waals surface area contributed by atoms with E-state index in [0.29, 0.717) is 21.4 Å². The van der Waals surface area contributed by atoms with Crippen LogP contribution in [0, 0.1) is 12.3 Å². The summed E-state index contributed by atoms with van der Waals surface area (Å²) in [5.41, 5.74) is 6.30. The van der Waals surface area contributed by atoms with Crippen molar-refractivity contribution in [2.24, 2.45) is 11.7 Å². The van der Waals surface area contributed by atoms with Gasteiger partial charge in [-0.15, -0.1) is 0 Å². The summed E-state index contributed by atoms with van der Waals surface area (Å²) in [4.78, 5) is 36.5. The van der Waals surface area contributed by atoms with Crippen LogP contribution in [0.3, 0.4) is 0 Å². The molecule has 4 N–H and O–H groups in total. The van der Waals surface area contributed by atoms with Crippen molar-refractivity contribution in [2.45, 2.75) is 58.7 Å². The van der Waals surface area contributed by atoms with Crippen LogP contribution in [-0.2, 0) is 27.4 Å². The summed E-state index contributed by atoms with van der Waals surface area (Å²) in [5.74, 6) is -1.11. The average Bonchev–Trinajstić information content (AvgIpc) is 2.76. The molecule has 0 aliphatic rings. The maximum absolute atomic E-state index is 12.9. The van der Waals surface area contributed by atoms with E-state index in [9.17, 15) is 14.4 Å². The summed E-state index contributed by atoms with van der Waals surface area (Å²) >= 11 is 12.4. The predicted octanol–water partition coefficient (Wildman–Crippen LogP) is 4.23. The topological polar surface area (TPSA) is 111 Å². The molecule has 189 valence electrons.